The highest BCUT2D eigenvalue weighted by Crippen LogP contribution is 2.33. The first-order chi connectivity index (χ1) is 10.9. The molecule has 0 saturated carbocycles. The molecular weight excluding hydrogens is 343 g/mol. The SMILES string of the molecule is CCOC(=O)C(F)(F)c1cccc(C(C)=N[S+]([O-])C(C)(C)C)c1F. The predicted octanol–water partition coefficient (Wildman–Crippen LogP) is 3.75. The van der Waals surface area contributed by atoms with Crippen molar-refractivity contribution in [3.63, 3.8) is 0 Å². The Labute approximate surface area is 142 Å². The van der Waals surface area contributed by atoms with Gasteiger partial charge in [0.1, 0.15) is 21.9 Å². The number of carbonyl (C=O) groups is 1. The van der Waals surface area contributed by atoms with Gasteiger partial charge in [-0.05, 0) is 40.7 Å². The Morgan fingerprint density at radius 2 is 1.92 bits per heavy atom. The largest absolute Gasteiger partial charge is 0.591 e. The van der Waals surface area contributed by atoms with Gasteiger partial charge < -0.3 is 9.29 Å². The summed E-state index contributed by atoms with van der Waals surface area (Å²) in [7, 11) is 0. The van der Waals surface area contributed by atoms with E-state index in [-0.39, 0.29) is 17.9 Å². The Hall–Kier alpha value is -1.54. The molecule has 0 aliphatic rings. The Bertz CT molecular complexity index is 642. The molecule has 8 heteroatoms. The molecule has 134 valence electrons. The normalized spacial score (nSPS) is 14.5. The van der Waals surface area contributed by atoms with Crippen molar-refractivity contribution >= 4 is 23.0 Å². The van der Waals surface area contributed by atoms with E-state index in [9.17, 15) is 22.5 Å². The zero-order valence-electron chi connectivity index (χ0n) is 14.2. The van der Waals surface area contributed by atoms with Crippen molar-refractivity contribution in [1.82, 2.24) is 0 Å². The summed E-state index contributed by atoms with van der Waals surface area (Å²) in [4.78, 5) is 11.4. The van der Waals surface area contributed by atoms with Crippen LogP contribution in [-0.4, -0.2) is 27.6 Å². The summed E-state index contributed by atoms with van der Waals surface area (Å²) in [6.07, 6.45) is 0. The molecule has 1 aromatic carbocycles. The second-order valence-electron chi connectivity index (χ2n) is 6.00. The van der Waals surface area contributed by atoms with Crippen LogP contribution in [0.25, 0.3) is 0 Å². The zero-order chi connectivity index (χ0) is 18.7. The number of alkyl halides is 2. The van der Waals surface area contributed by atoms with Gasteiger partial charge in [0.25, 0.3) is 0 Å². The molecule has 4 nitrogen and oxygen atoms in total. The quantitative estimate of drug-likeness (QED) is 0.455. The summed E-state index contributed by atoms with van der Waals surface area (Å²) in [6.45, 7) is 7.54. The molecule has 0 N–H and O–H groups in total. The maximum atomic E-state index is 14.5. The average molecular weight is 363 g/mol. The lowest BCUT2D eigenvalue weighted by Crippen LogP contribution is -2.30. The molecule has 0 saturated heterocycles. The van der Waals surface area contributed by atoms with Crippen LogP contribution in [0, 0.1) is 5.82 Å². The van der Waals surface area contributed by atoms with Crippen molar-refractivity contribution in [2.45, 2.75) is 45.3 Å². The molecular formula is C16H20F3NO3S. The number of hydrogen-bond acceptors (Lipinski definition) is 4. The molecule has 1 unspecified atom stereocenters. The van der Waals surface area contributed by atoms with Crippen molar-refractivity contribution in [3.05, 3.63) is 35.1 Å². The third-order valence-electron chi connectivity index (χ3n) is 3.00. The minimum absolute atomic E-state index is 0.00210. The molecule has 0 aliphatic carbocycles. The van der Waals surface area contributed by atoms with E-state index >= 15 is 0 Å². The Morgan fingerprint density at radius 3 is 2.42 bits per heavy atom. The van der Waals surface area contributed by atoms with Crippen LogP contribution in [-0.2, 0) is 26.8 Å². The standard InChI is InChI=1S/C16H20F3NO3S/c1-6-23-14(21)16(18,19)12-9-7-8-11(13(12)17)10(2)20-24(22)15(3,4)5/h7-9H,6H2,1-5H3. The average Bonchev–Trinajstić information content (AvgIpc) is 2.46. The molecule has 0 heterocycles. The van der Waals surface area contributed by atoms with Crippen molar-refractivity contribution in [2.75, 3.05) is 6.61 Å². The highest BCUT2D eigenvalue weighted by Gasteiger charge is 2.45. The lowest BCUT2D eigenvalue weighted by atomic mass is 10.0. The summed E-state index contributed by atoms with van der Waals surface area (Å²) in [6, 6.07) is 3.22. The van der Waals surface area contributed by atoms with Crippen LogP contribution in [0.1, 0.15) is 45.7 Å². The molecule has 0 bridgehead atoms. The molecule has 0 amide bonds. The Morgan fingerprint density at radius 1 is 1.33 bits per heavy atom. The van der Waals surface area contributed by atoms with Crippen molar-refractivity contribution in [1.29, 1.82) is 0 Å². The molecule has 1 rings (SSSR count). The maximum absolute atomic E-state index is 14.5. The van der Waals surface area contributed by atoms with Crippen LogP contribution in [0.4, 0.5) is 13.2 Å². The molecule has 0 spiro atoms. The van der Waals surface area contributed by atoms with Gasteiger partial charge in [0.15, 0.2) is 0 Å². The minimum atomic E-state index is -4.13. The van der Waals surface area contributed by atoms with E-state index in [1.165, 1.54) is 26.0 Å². The van der Waals surface area contributed by atoms with Gasteiger partial charge in [-0.15, -0.1) is 0 Å². The van der Waals surface area contributed by atoms with Crippen LogP contribution in [0.15, 0.2) is 22.6 Å². The topological polar surface area (TPSA) is 61.7 Å². The van der Waals surface area contributed by atoms with E-state index in [0.29, 0.717) is 0 Å². The first kappa shape index (κ1) is 20.5. The summed E-state index contributed by atoms with van der Waals surface area (Å²) in [5, 5.41) is 0. The fourth-order valence-electron chi connectivity index (χ4n) is 1.70. The third kappa shape index (κ3) is 4.51. The van der Waals surface area contributed by atoms with Crippen molar-refractivity contribution in [3.8, 4) is 0 Å². The van der Waals surface area contributed by atoms with E-state index in [1.807, 2.05) is 0 Å². The van der Waals surface area contributed by atoms with Gasteiger partial charge in [0.2, 0.25) is 0 Å². The van der Waals surface area contributed by atoms with Crippen LogP contribution in [0.2, 0.25) is 0 Å². The summed E-state index contributed by atoms with van der Waals surface area (Å²) < 4.78 is 62.2. The van der Waals surface area contributed by atoms with Gasteiger partial charge in [0, 0.05) is 5.56 Å². The summed E-state index contributed by atoms with van der Waals surface area (Å²) in [5.41, 5.74) is -1.34. The Balaban J connectivity index is 3.32. The molecule has 0 radical (unpaired) electrons. The summed E-state index contributed by atoms with van der Waals surface area (Å²) in [5.74, 6) is -7.24. The number of hydrogen-bond donors (Lipinski definition) is 0. The second-order valence-corrected chi connectivity index (χ2v) is 7.91. The lowest BCUT2D eigenvalue weighted by molar-refractivity contribution is -0.173. The van der Waals surface area contributed by atoms with Gasteiger partial charge in [0.05, 0.1) is 17.9 Å². The highest BCUT2D eigenvalue weighted by atomic mass is 32.2. The van der Waals surface area contributed by atoms with Gasteiger partial charge in [-0.2, -0.15) is 8.78 Å². The summed E-state index contributed by atoms with van der Waals surface area (Å²) >= 11 is -1.67. The molecule has 0 fully saturated rings. The molecule has 0 aliphatic heterocycles. The monoisotopic (exact) mass is 363 g/mol. The number of nitrogens with zero attached hydrogens (tertiary/aromatic N) is 1. The molecule has 1 aromatic rings. The van der Waals surface area contributed by atoms with Gasteiger partial charge in [-0.1, -0.05) is 16.5 Å². The van der Waals surface area contributed by atoms with Crippen LogP contribution >= 0.6 is 0 Å². The first-order valence-corrected chi connectivity index (χ1v) is 8.35. The Kier molecular flexibility index (Phi) is 6.46. The predicted molar refractivity (Wildman–Crippen MR) is 87.0 cm³/mol. The molecule has 0 aromatic heterocycles. The van der Waals surface area contributed by atoms with E-state index in [2.05, 4.69) is 9.13 Å². The highest BCUT2D eigenvalue weighted by molar-refractivity contribution is 7.91. The third-order valence-corrected chi connectivity index (χ3v) is 4.49. The molecule has 24 heavy (non-hydrogen) atoms. The smallest absolute Gasteiger partial charge is 0.382 e. The number of carbonyl (C=O) groups excluding carboxylic acids is 1. The fraction of sp³-hybridized carbons (Fsp3) is 0.500. The fourth-order valence-corrected chi connectivity index (χ4v) is 2.32. The van der Waals surface area contributed by atoms with E-state index in [1.54, 1.807) is 20.8 Å². The number of benzene rings is 1. The molecule has 1 atom stereocenters. The maximum Gasteiger partial charge on any atom is 0.382 e. The van der Waals surface area contributed by atoms with Gasteiger partial charge in [-0.3, -0.25) is 0 Å². The van der Waals surface area contributed by atoms with Gasteiger partial charge in [-0.25, -0.2) is 9.18 Å². The van der Waals surface area contributed by atoms with E-state index in [4.69, 9.17) is 0 Å². The second kappa shape index (κ2) is 7.57. The lowest BCUT2D eigenvalue weighted by Gasteiger charge is -2.19. The first-order valence-electron chi connectivity index (χ1n) is 7.24. The van der Waals surface area contributed by atoms with Crippen molar-refractivity contribution in [2.24, 2.45) is 4.40 Å². The number of rotatable bonds is 5. The van der Waals surface area contributed by atoms with Crippen LogP contribution in [0.5, 0.6) is 0 Å². The van der Waals surface area contributed by atoms with Crippen LogP contribution in [0.3, 0.4) is 0 Å². The van der Waals surface area contributed by atoms with Crippen molar-refractivity contribution < 1.29 is 27.3 Å². The zero-order valence-corrected chi connectivity index (χ0v) is 15.0. The van der Waals surface area contributed by atoms with E-state index < -0.39 is 39.4 Å². The number of halogens is 3. The number of esters is 1. The minimum Gasteiger partial charge on any atom is -0.591 e. The number of ether oxygens (including phenoxy) is 1. The van der Waals surface area contributed by atoms with Crippen LogP contribution < -0.4 is 0 Å². The van der Waals surface area contributed by atoms with Gasteiger partial charge >= 0.3 is 11.9 Å². The van der Waals surface area contributed by atoms with E-state index in [0.717, 1.165) is 6.07 Å².